The Morgan fingerprint density at radius 2 is 2.11 bits per heavy atom. The third-order valence-corrected chi connectivity index (χ3v) is 3.30. The Hall–Kier alpha value is -1.62. The van der Waals surface area contributed by atoms with E-state index in [1.54, 1.807) is 0 Å². The first-order valence-corrected chi connectivity index (χ1v) is 6.83. The van der Waals surface area contributed by atoms with Gasteiger partial charge in [0.05, 0.1) is 0 Å². The first-order valence-electron chi connectivity index (χ1n) is 6.83. The van der Waals surface area contributed by atoms with Gasteiger partial charge >= 0.3 is 5.97 Å². The normalized spacial score (nSPS) is 16.4. The van der Waals surface area contributed by atoms with Crippen molar-refractivity contribution in [2.24, 2.45) is 0 Å². The molecule has 2 rings (SSSR count). The number of hydrogen-bond acceptors (Lipinski definition) is 5. The van der Waals surface area contributed by atoms with Crippen LogP contribution in [0, 0.1) is 0 Å². The molecule has 1 aliphatic rings. The van der Waals surface area contributed by atoms with E-state index in [0.29, 0.717) is 13.0 Å². The Labute approximate surface area is 114 Å². The molecule has 0 spiro atoms. The number of aromatic nitrogens is 1. The number of esters is 1. The maximum atomic E-state index is 11.0. The number of ether oxygens (including phenoxy) is 1. The second-order valence-corrected chi connectivity index (χ2v) is 4.59. The molecule has 0 saturated carbocycles. The van der Waals surface area contributed by atoms with Crippen molar-refractivity contribution in [1.29, 1.82) is 0 Å². The first-order chi connectivity index (χ1) is 9.29. The lowest BCUT2D eigenvalue weighted by Crippen LogP contribution is -2.47. The second-order valence-electron chi connectivity index (χ2n) is 4.59. The number of rotatable bonds is 5. The summed E-state index contributed by atoms with van der Waals surface area (Å²) in [5, 5.41) is 0. The highest BCUT2D eigenvalue weighted by Gasteiger charge is 2.17. The van der Waals surface area contributed by atoms with Crippen LogP contribution < -0.4 is 4.90 Å². The fraction of sp³-hybridized carbons (Fsp3) is 0.571. The van der Waals surface area contributed by atoms with Gasteiger partial charge in [-0.1, -0.05) is 13.0 Å². The molecule has 5 heteroatoms. The molecule has 1 saturated heterocycles. The number of carbonyl (C=O) groups is 1. The van der Waals surface area contributed by atoms with Crippen molar-refractivity contribution in [1.82, 2.24) is 9.88 Å². The first kappa shape index (κ1) is 13.8. The average Bonchev–Trinajstić information content (AvgIpc) is 2.48. The van der Waals surface area contributed by atoms with Crippen molar-refractivity contribution in [3.05, 3.63) is 24.4 Å². The highest BCUT2D eigenvalue weighted by molar-refractivity contribution is 5.68. The summed E-state index contributed by atoms with van der Waals surface area (Å²) < 4.78 is 5.10. The van der Waals surface area contributed by atoms with Crippen molar-refractivity contribution in [3.8, 4) is 0 Å². The lowest BCUT2D eigenvalue weighted by Gasteiger charge is -2.35. The van der Waals surface area contributed by atoms with Gasteiger partial charge in [0.15, 0.2) is 0 Å². The molecule has 2 heterocycles. The molecular weight excluding hydrogens is 242 g/mol. The van der Waals surface area contributed by atoms with E-state index >= 15 is 0 Å². The number of piperazine rings is 1. The SMILES string of the molecule is CCC(=O)OCCN1CCN(c2ccccn2)CC1. The van der Waals surface area contributed by atoms with Crippen LogP contribution in [0.25, 0.3) is 0 Å². The lowest BCUT2D eigenvalue weighted by atomic mass is 10.3. The summed E-state index contributed by atoms with van der Waals surface area (Å²) in [4.78, 5) is 20.0. The van der Waals surface area contributed by atoms with Crippen LogP contribution in [0.2, 0.25) is 0 Å². The average molecular weight is 263 g/mol. The number of hydrogen-bond donors (Lipinski definition) is 0. The number of carbonyl (C=O) groups excluding carboxylic acids is 1. The molecular formula is C14H21N3O2. The standard InChI is InChI=1S/C14H21N3O2/c1-2-14(18)19-12-11-16-7-9-17(10-8-16)13-5-3-4-6-15-13/h3-6H,2,7-12H2,1H3. The third kappa shape index (κ3) is 4.21. The van der Waals surface area contributed by atoms with E-state index in [1.807, 2.05) is 31.3 Å². The van der Waals surface area contributed by atoms with Gasteiger partial charge in [0.1, 0.15) is 12.4 Å². The minimum absolute atomic E-state index is 0.118. The molecule has 0 atom stereocenters. The minimum Gasteiger partial charge on any atom is -0.464 e. The highest BCUT2D eigenvalue weighted by atomic mass is 16.5. The predicted molar refractivity (Wildman–Crippen MR) is 74.1 cm³/mol. The van der Waals surface area contributed by atoms with Crippen LogP contribution in [0.4, 0.5) is 5.82 Å². The molecule has 1 fully saturated rings. The molecule has 1 aliphatic heterocycles. The quantitative estimate of drug-likeness (QED) is 0.746. The molecule has 1 aromatic rings. The molecule has 0 unspecified atom stereocenters. The van der Waals surface area contributed by atoms with E-state index < -0.39 is 0 Å². The summed E-state index contributed by atoms with van der Waals surface area (Å²) in [6.07, 6.45) is 2.28. The van der Waals surface area contributed by atoms with E-state index in [2.05, 4.69) is 14.8 Å². The maximum absolute atomic E-state index is 11.0. The topological polar surface area (TPSA) is 45.7 Å². The fourth-order valence-electron chi connectivity index (χ4n) is 2.13. The van der Waals surface area contributed by atoms with Crippen LogP contribution in [0.5, 0.6) is 0 Å². The fourth-order valence-corrected chi connectivity index (χ4v) is 2.13. The van der Waals surface area contributed by atoms with Gasteiger partial charge in [-0.2, -0.15) is 0 Å². The van der Waals surface area contributed by atoms with Gasteiger partial charge in [-0.15, -0.1) is 0 Å². The van der Waals surface area contributed by atoms with Crippen molar-refractivity contribution in [2.75, 3.05) is 44.2 Å². The van der Waals surface area contributed by atoms with Crippen LogP contribution >= 0.6 is 0 Å². The second kappa shape index (κ2) is 7.09. The van der Waals surface area contributed by atoms with Gasteiger partial charge in [0.2, 0.25) is 0 Å². The summed E-state index contributed by atoms with van der Waals surface area (Å²) in [6, 6.07) is 5.99. The molecule has 0 aromatic carbocycles. The van der Waals surface area contributed by atoms with E-state index in [-0.39, 0.29) is 5.97 Å². The van der Waals surface area contributed by atoms with Crippen LogP contribution in [-0.4, -0.2) is 55.2 Å². The van der Waals surface area contributed by atoms with Crippen molar-refractivity contribution >= 4 is 11.8 Å². The van der Waals surface area contributed by atoms with Gasteiger partial charge in [-0.3, -0.25) is 9.69 Å². The number of nitrogens with zero attached hydrogens (tertiary/aromatic N) is 3. The van der Waals surface area contributed by atoms with E-state index in [4.69, 9.17) is 4.74 Å². The number of pyridine rings is 1. The largest absolute Gasteiger partial charge is 0.464 e. The zero-order valence-electron chi connectivity index (χ0n) is 11.4. The third-order valence-electron chi connectivity index (χ3n) is 3.30. The van der Waals surface area contributed by atoms with Gasteiger partial charge < -0.3 is 9.64 Å². The van der Waals surface area contributed by atoms with Gasteiger partial charge in [0, 0.05) is 45.3 Å². The van der Waals surface area contributed by atoms with Crippen LogP contribution in [0.3, 0.4) is 0 Å². The van der Waals surface area contributed by atoms with Gasteiger partial charge in [-0.05, 0) is 12.1 Å². The molecule has 0 bridgehead atoms. The van der Waals surface area contributed by atoms with Crippen LogP contribution in [-0.2, 0) is 9.53 Å². The smallest absolute Gasteiger partial charge is 0.305 e. The predicted octanol–water partition coefficient (Wildman–Crippen LogP) is 1.16. The van der Waals surface area contributed by atoms with E-state index in [0.717, 1.165) is 38.5 Å². The Morgan fingerprint density at radius 3 is 2.74 bits per heavy atom. The van der Waals surface area contributed by atoms with Crippen LogP contribution in [0.1, 0.15) is 13.3 Å². The zero-order chi connectivity index (χ0) is 13.5. The van der Waals surface area contributed by atoms with E-state index in [9.17, 15) is 4.79 Å². The Kier molecular flexibility index (Phi) is 5.15. The highest BCUT2D eigenvalue weighted by Crippen LogP contribution is 2.12. The van der Waals surface area contributed by atoms with Gasteiger partial charge in [0.25, 0.3) is 0 Å². The van der Waals surface area contributed by atoms with E-state index in [1.165, 1.54) is 0 Å². The monoisotopic (exact) mass is 263 g/mol. The molecule has 0 amide bonds. The lowest BCUT2D eigenvalue weighted by molar-refractivity contribution is -0.143. The molecule has 19 heavy (non-hydrogen) atoms. The molecule has 1 aromatic heterocycles. The maximum Gasteiger partial charge on any atom is 0.305 e. The molecule has 0 radical (unpaired) electrons. The summed E-state index contributed by atoms with van der Waals surface area (Å²) in [7, 11) is 0. The van der Waals surface area contributed by atoms with Crippen molar-refractivity contribution in [2.45, 2.75) is 13.3 Å². The molecule has 104 valence electrons. The minimum atomic E-state index is -0.118. The summed E-state index contributed by atoms with van der Waals surface area (Å²) in [6.45, 7) is 7.05. The number of anilines is 1. The summed E-state index contributed by atoms with van der Waals surface area (Å²) in [5.74, 6) is 0.923. The van der Waals surface area contributed by atoms with Crippen molar-refractivity contribution < 1.29 is 9.53 Å². The van der Waals surface area contributed by atoms with Crippen LogP contribution in [0.15, 0.2) is 24.4 Å². The molecule has 0 N–H and O–H groups in total. The zero-order valence-corrected chi connectivity index (χ0v) is 11.4. The molecule has 0 aliphatic carbocycles. The summed E-state index contributed by atoms with van der Waals surface area (Å²) >= 11 is 0. The Morgan fingerprint density at radius 1 is 1.32 bits per heavy atom. The van der Waals surface area contributed by atoms with Gasteiger partial charge in [-0.25, -0.2) is 4.98 Å². The summed E-state index contributed by atoms with van der Waals surface area (Å²) in [5.41, 5.74) is 0. The Balaban J connectivity index is 1.69. The molecule has 5 nitrogen and oxygen atoms in total. The Bertz CT molecular complexity index is 389. The van der Waals surface area contributed by atoms with Crippen molar-refractivity contribution in [3.63, 3.8) is 0 Å².